The van der Waals surface area contributed by atoms with Crippen LogP contribution in [0.25, 0.3) is 54.9 Å². The number of carbonyl (C=O) groups excluding carboxylic acids is 4. The molecule has 8 nitrogen and oxygen atoms in total. The Balaban J connectivity index is 0.740. The summed E-state index contributed by atoms with van der Waals surface area (Å²) in [6.07, 6.45) is 8.20. The number of fused-ring (bicyclic) bond motifs is 6. The van der Waals surface area contributed by atoms with Gasteiger partial charge in [0.05, 0.1) is 11.4 Å². The summed E-state index contributed by atoms with van der Waals surface area (Å²) in [4.78, 5) is 63.8. The van der Waals surface area contributed by atoms with Crippen LogP contribution in [-0.4, -0.2) is 23.6 Å². The van der Waals surface area contributed by atoms with Gasteiger partial charge in [-0.2, -0.15) is 0 Å². The van der Waals surface area contributed by atoms with Crippen molar-refractivity contribution in [2.45, 2.75) is 102 Å². The molecular formula is C76H60N2O6. The Morgan fingerprint density at radius 2 is 0.655 bits per heavy atom. The Kier molecular flexibility index (Phi) is 11.1. The summed E-state index contributed by atoms with van der Waals surface area (Å²) >= 11 is 0. The van der Waals surface area contributed by atoms with Crippen LogP contribution >= 0.6 is 0 Å². The minimum Gasteiger partial charge on any atom is -0.457 e. The lowest BCUT2D eigenvalue weighted by Crippen LogP contribution is -2.41. The molecule has 84 heavy (non-hydrogen) atoms. The van der Waals surface area contributed by atoms with Gasteiger partial charge < -0.3 is 9.47 Å². The first-order valence-electron chi connectivity index (χ1n) is 29.9. The molecule has 2 fully saturated rings. The predicted molar refractivity (Wildman–Crippen MR) is 333 cm³/mol. The fraction of sp³-hybridized carbons (Fsp3) is 0.211. The highest BCUT2D eigenvalue weighted by molar-refractivity contribution is 6.39. The van der Waals surface area contributed by atoms with Crippen LogP contribution in [0.15, 0.2) is 182 Å². The zero-order chi connectivity index (χ0) is 56.9. The van der Waals surface area contributed by atoms with Crippen molar-refractivity contribution in [1.82, 2.24) is 0 Å². The number of ether oxygens (including phenoxy) is 2. The van der Waals surface area contributed by atoms with Crippen LogP contribution in [0.3, 0.4) is 0 Å². The molecule has 6 aliphatic rings. The maximum absolute atomic E-state index is 15.3. The number of carbonyl (C=O) groups is 4. The molecular weight excluding hydrogens is 1040 g/mol. The smallest absolute Gasteiger partial charge is 0.265 e. The van der Waals surface area contributed by atoms with Crippen LogP contribution in [0, 0.1) is 0 Å². The SMILES string of the molecule is CC1(C)c2ccccc2-c2ccc(Oc3ccc(C4CCCC4)c(N4C(=O)c5cccc6c(-c7ccc8c9c(cccc79)C(=O)N(c7cc(Oc9ccc%10c(c9)C(C)(C)c9ccccc9-%10)ccc7C7CCCC7)C8=O)ccc(c56)C4=O)c3)cc21. The van der Waals surface area contributed by atoms with E-state index in [1.807, 2.05) is 97.1 Å². The Labute approximate surface area is 488 Å². The largest absolute Gasteiger partial charge is 0.457 e. The fourth-order valence-corrected chi connectivity index (χ4v) is 15.6. The summed E-state index contributed by atoms with van der Waals surface area (Å²) in [5.41, 5.74) is 15.7. The summed E-state index contributed by atoms with van der Waals surface area (Å²) in [5, 5.41) is 2.61. The second-order valence-electron chi connectivity index (χ2n) is 25.0. The van der Waals surface area contributed by atoms with Crippen molar-refractivity contribution in [2.24, 2.45) is 0 Å². The zero-order valence-electron chi connectivity index (χ0n) is 47.5. The summed E-state index contributed by atoms with van der Waals surface area (Å²) in [5.74, 6) is 1.24. The molecule has 0 saturated heterocycles. The number of benzene rings is 10. The quantitative estimate of drug-likeness (QED) is 0.134. The molecule has 10 aromatic rings. The van der Waals surface area contributed by atoms with Crippen LogP contribution in [0.2, 0.25) is 0 Å². The third-order valence-electron chi connectivity index (χ3n) is 19.8. The Hall–Kier alpha value is -9.40. The molecule has 2 heterocycles. The molecule has 0 aromatic heterocycles. The number of nitrogens with zero attached hydrogens (tertiary/aromatic N) is 2. The van der Waals surface area contributed by atoms with Gasteiger partial charge in [0.15, 0.2) is 0 Å². The van der Waals surface area contributed by atoms with Gasteiger partial charge in [-0.3, -0.25) is 19.2 Å². The van der Waals surface area contributed by atoms with Gasteiger partial charge in [0, 0.05) is 56.0 Å². The maximum atomic E-state index is 15.3. The monoisotopic (exact) mass is 1100 g/mol. The van der Waals surface area contributed by atoms with E-state index >= 15 is 19.2 Å². The first kappa shape index (κ1) is 50.3. The summed E-state index contributed by atoms with van der Waals surface area (Å²) in [6, 6.07) is 60.2. The van der Waals surface area contributed by atoms with E-state index in [9.17, 15) is 0 Å². The maximum Gasteiger partial charge on any atom is 0.265 e. The summed E-state index contributed by atoms with van der Waals surface area (Å²) < 4.78 is 13.4. The highest BCUT2D eigenvalue weighted by Gasteiger charge is 2.42. The van der Waals surface area contributed by atoms with Gasteiger partial charge in [-0.25, -0.2) is 9.80 Å². The molecule has 0 spiro atoms. The van der Waals surface area contributed by atoms with Crippen molar-refractivity contribution in [3.8, 4) is 56.4 Å². The van der Waals surface area contributed by atoms with E-state index in [0.29, 0.717) is 67.4 Å². The van der Waals surface area contributed by atoms with Crippen LogP contribution < -0.4 is 19.3 Å². The first-order valence-corrected chi connectivity index (χ1v) is 29.9. The predicted octanol–water partition coefficient (Wildman–Crippen LogP) is 18.8. The molecule has 0 N–H and O–H groups in total. The standard InChI is InChI=1S/C76H60N2O6/c1-75(2)63-25-11-9-19-53(63)55-33-29-45(39-65(55)75)83-47-27-31-49(43-15-5-6-16-43)67(41-47)77-71(79)59-23-13-21-57-51(35-37-61(69(57)59)73(77)81)52-36-38-62-70-58(52)22-14-24-60(70)72(80)78(74(62)82)68-42-48(28-32-50(68)44-17-7-8-18-44)84-46-30-34-56-54-20-10-12-26-64(54)76(3,4)66(56)40-46/h9-14,19-44H,5-8,15-18H2,1-4H3. The van der Waals surface area contributed by atoms with Crippen LogP contribution in [0.5, 0.6) is 23.0 Å². The molecule has 0 unspecified atom stereocenters. The molecule has 2 saturated carbocycles. The van der Waals surface area contributed by atoms with Crippen molar-refractivity contribution in [1.29, 1.82) is 0 Å². The van der Waals surface area contributed by atoms with E-state index in [1.165, 1.54) is 54.3 Å². The Bertz CT molecular complexity index is 4240. The molecule has 0 atom stereocenters. The third kappa shape index (κ3) is 7.38. The van der Waals surface area contributed by atoms with E-state index in [0.717, 1.165) is 84.4 Å². The van der Waals surface area contributed by atoms with Crippen LogP contribution in [-0.2, 0) is 10.8 Å². The average molecular weight is 1100 g/mol. The molecule has 16 rings (SSSR count). The van der Waals surface area contributed by atoms with E-state index < -0.39 is 23.6 Å². The van der Waals surface area contributed by atoms with Gasteiger partial charge >= 0.3 is 0 Å². The Morgan fingerprint density at radius 3 is 1.07 bits per heavy atom. The topological polar surface area (TPSA) is 93.2 Å². The van der Waals surface area contributed by atoms with Crippen molar-refractivity contribution >= 4 is 56.5 Å². The van der Waals surface area contributed by atoms with Crippen LogP contribution in [0.4, 0.5) is 11.4 Å². The molecule has 8 heteroatoms. The lowest BCUT2D eigenvalue weighted by molar-refractivity contribution is 0.0877. The van der Waals surface area contributed by atoms with Crippen molar-refractivity contribution in [2.75, 3.05) is 9.80 Å². The molecule has 0 bridgehead atoms. The number of amides is 4. The van der Waals surface area contributed by atoms with Crippen LogP contribution in [0.1, 0.15) is 166 Å². The second kappa shape index (κ2) is 18.6. The van der Waals surface area contributed by atoms with E-state index in [4.69, 9.17) is 9.47 Å². The third-order valence-corrected chi connectivity index (χ3v) is 19.8. The summed E-state index contributed by atoms with van der Waals surface area (Å²) in [6.45, 7) is 8.98. The van der Waals surface area contributed by atoms with Gasteiger partial charge in [-0.15, -0.1) is 0 Å². The van der Waals surface area contributed by atoms with E-state index in [2.05, 4.69) is 113 Å². The minimum absolute atomic E-state index is 0.189. The molecule has 2 aliphatic heterocycles. The number of anilines is 2. The second-order valence-corrected chi connectivity index (χ2v) is 25.0. The number of hydrogen-bond acceptors (Lipinski definition) is 6. The van der Waals surface area contributed by atoms with Gasteiger partial charge in [0.1, 0.15) is 23.0 Å². The average Bonchev–Trinajstić information content (AvgIpc) is 1.29. The summed E-state index contributed by atoms with van der Waals surface area (Å²) in [7, 11) is 0. The number of imide groups is 2. The lowest BCUT2D eigenvalue weighted by Gasteiger charge is -2.31. The molecule has 410 valence electrons. The van der Waals surface area contributed by atoms with Gasteiger partial charge in [-0.1, -0.05) is 163 Å². The van der Waals surface area contributed by atoms with Crippen molar-refractivity contribution in [3.05, 3.63) is 238 Å². The van der Waals surface area contributed by atoms with Crippen molar-refractivity contribution in [3.63, 3.8) is 0 Å². The molecule has 4 aliphatic carbocycles. The van der Waals surface area contributed by atoms with Crippen molar-refractivity contribution < 1.29 is 28.7 Å². The highest BCUT2D eigenvalue weighted by Crippen LogP contribution is 2.53. The highest BCUT2D eigenvalue weighted by atomic mass is 16.5. The lowest BCUT2D eigenvalue weighted by atomic mass is 9.82. The number of hydrogen-bond donors (Lipinski definition) is 0. The fourth-order valence-electron chi connectivity index (χ4n) is 15.6. The first-order chi connectivity index (χ1) is 40.8. The van der Waals surface area contributed by atoms with E-state index in [1.54, 1.807) is 0 Å². The van der Waals surface area contributed by atoms with E-state index in [-0.39, 0.29) is 22.7 Å². The molecule has 4 amide bonds. The van der Waals surface area contributed by atoms with Gasteiger partial charge in [-0.05, 0) is 176 Å². The molecule has 0 radical (unpaired) electrons. The number of rotatable bonds is 9. The van der Waals surface area contributed by atoms with Gasteiger partial charge in [0.25, 0.3) is 23.6 Å². The zero-order valence-corrected chi connectivity index (χ0v) is 47.5. The normalized spacial score (nSPS) is 17.3. The molecule has 10 aromatic carbocycles. The van der Waals surface area contributed by atoms with Gasteiger partial charge in [0.2, 0.25) is 0 Å². The minimum atomic E-state index is -0.398. The Morgan fingerprint density at radius 1 is 0.333 bits per heavy atom.